The first-order valence-corrected chi connectivity index (χ1v) is 12.3. The summed E-state index contributed by atoms with van der Waals surface area (Å²) in [6.07, 6.45) is 0.631. The van der Waals surface area contributed by atoms with Gasteiger partial charge in [-0.3, -0.25) is 4.79 Å². The van der Waals surface area contributed by atoms with Crippen molar-refractivity contribution >= 4 is 34.7 Å². The lowest BCUT2D eigenvalue weighted by atomic mass is 10.1. The third kappa shape index (κ3) is 8.03. The molecule has 39 heavy (non-hydrogen) atoms. The van der Waals surface area contributed by atoms with E-state index in [1.807, 2.05) is 24.0 Å². The van der Waals surface area contributed by atoms with Gasteiger partial charge in [-0.1, -0.05) is 17.7 Å². The number of hydrogen-bond acceptors (Lipinski definition) is 8. The van der Waals surface area contributed by atoms with Crippen molar-refractivity contribution in [3.8, 4) is 23.6 Å². The minimum Gasteiger partial charge on any atom is -0.507 e. The SMILES string of the molecule is COc1cccc(N=N/C(=N\NC(=O)c2cc(Cl)ccc2O)c2ccc(N(CCC#N)CCC#N)cc2C)c1. The van der Waals surface area contributed by atoms with Gasteiger partial charge in [0.1, 0.15) is 11.5 Å². The van der Waals surface area contributed by atoms with E-state index < -0.39 is 5.91 Å². The van der Waals surface area contributed by atoms with Crippen molar-refractivity contribution < 1.29 is 14.6 Å². The van der Waals surface area contributed by atoms with Gasteiger partial charge in [-0.2, -0.15) is 10.5 Å². The van der Waals surface area contributed by atoms with E-state index in [1.54, 1.807) is 37.4 Å². The molecule has 1 amide bonds. The Labute approximate surface area is 231 Å². The molecule has 0 heterocycles. The number of benzene rings is 3. The molecule has 0 aliphatic heterocycles. The molecule has 0 aromatic heterocycles. The zero-order valence-electron chi connectivity index (χ0n) is 21.4. The number of nitrogens with one attached hydrogen (secondary N) is 1. The first kappa shape index (κ1) is 28.6. The van der Waals surface area contributed by atoms with Gasteiger partial charge < -0.3 is 14.7 Å². The van der Waals surface area contributed by atoms with Gasteiger partial charge in [-0.05, 0) is 61.0 Å². The van der Waals surface area contributed by atoms with E-state index in [1.165, 1.54) is 18.2 Å². The topological polar surface area (TPSA) is 146 Å². The Morgan fingerprint density at radius 1 is 1.05 bits per heavy atom. The molecule has 0 saturated heterocycles. The monoisotopic (exact) mass is 543 g/mol. The van der Waals surface area contributed by atoms with Crippen molar-refractivity contribution in [2.24, 2.45) is 15.3 Å². The van der Waals surface area contributed by atoms with E-state index in [2.05, 4.69) is 32.9 Å². The lowest BCUT2D eigenvalue weighted by Gasteiger charge is -2.23. The third-order valence-corrected chi connectivity index (χ3v) is 5.82. The van der Waals surface area contributed by atoms with E-state index in [0.717, 1.165) is 11.3 Å². The Morgan fingerprint density at radius 2 is 1.79 bits per heavy atom. The average molecular weight is 544 g/mol. The first-order chi connectivity index (χ1) is 18.9. The van der Waals surface area contributed by atoms with Gasteiger partial charge >= 0.3 is 0 Å². The number of hydrogen-bond donors (Lipinski definition) is 2. The summed E-state index contributed by atoms with van der Waals surface area (Å²) < 4.78 is 5.24. The van der Waals surface area contributed by atoms with Crippen molar-refractivity contribution in [3.05, 3.63) is 82.4 Å². The molecule has 11 heteroatoms. The molecule has 3 aromatic carbocycles. The number of phenolic OH excluding ortho intramolecular Hbond substituents is 1. The minimum atomic E-state index is -0.683. The second-order valence-electron chi connectivity index (χ2n) is 8.24. The number of carbonyl (C=O) groups is 1. The maximum atomic E-state index is 12.8. The molecule has 0 aliphatic carbocycles. The number of methoxy groups -OCH3 is 1. The number of halogens is 1. The average Bonchev–Trinajstić information content (AvgIpc) is 2.94. The number of phenols is 1. The van der Waals surface area contributed by atoms with Gasteiger partial charge in [0, 0.05) is 35.4 Å². The van der Waals surface area contributed by atoms with Crippen molar-refractivity contribution in [2.45, 2.75) is 19.8 Å². The zero-order valence-corrected chi connectivity index (χ0v) is 22.2. The molecule has 0 unspecified atom stereocenters. The number of azo groups is 1. The molecule has 0 saturated carbocycles. The molecule has 2 N–H and O–H groups in total. The summed E-state index contributed by atoms with van der Waals surface area (Å²) in [7, 11) is 1.55. The van der Waals surface area contributed by atoms with Crippen molar-refractivity contribution in [1.29, 1.82) is 10.5 Å². The minimum absolute atomic E-state index is 0.0481. The van der Waals surface area contributed by atoms with Crippen LogP contribution in [0.3, 0.4) is 0 Å². The number of nitrogens with zero attached hydrogens (tertiary/aromatic N) is 6. The lowest BCUT2D eigenvalue weighted by Crippen LogP contribution is -2.25. The maximum Gasteiger partial charge on any atom is 0.275 e. The maximum absolute atomic E-state index is 12.8. The number of carbonyl (C=O) groups excluding carboxylic acids is 1. The fourth-order valence-electron chi connectivity index (χ4n) is 3.60. The molecule has 3 aromatic rings. The molecule has 0 atom stereocenters. The Bertz CT molecular complexity index is 1460. The number of rotatable bonds is 10. The van der Waals surface area contributed by atoms with Crippen LogP contribution in [0.4, 0.5) is 11.4 Å². The van der Waals surface area contributed by atoms with Crippen LogP contribution >= 0.6 is 11.6 Å². The fourth-order valence-corrected chi connectivity index (χ4v) is 3.78. The lowest BCUT2D eigenvalue weighted by molar-refractivity contribution is 0.0952. The van der Waals surface area contributed by atoms with Crippen LogP contribution < -0.4 is 15.1 Å². The van der Waals surface area contributed by atoms with E-state index in [4.69, 9.17) is 26.9 Å². The molecule has 3 rings (SSSR count). The van der Waals surface area contributed by atoms with Crippen molar-refractivity contribution in [3.63, 3.8) is 0 Å². The van der Waals surface area contributed by atoms with Crippen LogP contribution in [0.15, 0.2) is 76.0 Å². The Morgan fingerprint density at radius 3 is 2.46 bits per heavy atom. The van der Waals surface area contributed by atoms with Gasteiger partial charge in [0.2, 0.25) is 5.84 Å². The van der Waals surface area contributed by atoms with Crippen LogP contribution in [0.5, 0.6) is 11.5 Å². The largest absolute Gasteiger partial charge is 0.507 e. The summed E-state index contributed by atoms with van der Waals surface area (Å²) >= 11 is 5.98. The predicted octanol–water partition coefficient (Wildman–Crippen LogP) is 5.87. The summed E-state index contributed by atoms with van der Waals surface area (Å²) in [4.78, 5) is 14.7. The highest BCUT2D eigenvalue weighted by atomic mass is 35.5. The van der Waals surface area contributed by atoms with Gasteiger partial charge in [0.05, 0.1) is 43.3 Å². The quantitative estimate of drug-likeness (QED) is 0.141. The molecule has 198 valence electrons. The Hall–Kier alpha value is -4.93. The van der Waals surface area contributed by atoms with Crippen molar-refractivity contribution in [1.82, 2.24) is 5.43 Å². The van der Waals surface area contributed by atoms with Crippen LogP contribution in [-0.2, 0) is 0 Å². The summed E-state index contributed by atoms with van der Waals surface area (Å²) in [5, 5.41) is 41.2. The molecular weight excluding hydrogens is 518 g/mol. The van der Waals surface area contributed by atoms with E-state index in [9.17, 15) is 9.90 Å². The Kier molecular flexibility index (Phi) is 10.4. The number of ether oxygens (including phenoxy) is 1. The smallest absolute Gasteiger partial charge is 0.275 e. The molecule has 0 radical (unpaired) electrons. The molecule has 0 fully saturated rings. The predicted molar refractivity (Wildman–Crippen MR) is 148 cm³/mol. The van der Waals surface area contributed by atoms with Crippen LogP contribution in [0.25, 0.3) is 0 Å². The molecular formula is C28H26ClN7O3. The second-order valence-corrected chi connectivity index (χ2v) is 8.68. The van der Waals surface area contributed by atoms with Gasteiger partial charge in [0.25, 0.3) is 5.91 Å². The van der Waals surface area contributed by atoms with Gasteiger partial charge in [-0.25, -0.2) is 5.43 Å². The number of aromatic hydroxyl groups is 1. The van der Waals surface area contributed by atoms with Crippen LogP contribution in [0.1, 0.15) is 34.3 Å². The number of amidine groups is 1. The summed E-state index contributed by atoms with van der Waals surface area (Å²) in [6.45, 7) is 2.81. The van der Waals surface area contributed by atoms with Crippen LogP contribution in [0, 0.1) is 29.6 Å². The standard InChI is InChI=1S/C28H26ClN7O3/c1-19-16-22(36(14-4-12-30)15-5-13-31)9-10-24(19)27(33-32-21-6-3-7-23(18-21)39-2)34-35-28(38)25-17-20(29)8-11-26(25)37/h3,6-11,16-18,37H,4-5,14-15H2,1-2H3,(H,35,38)/b33-32?,34-27-. The highest BCUT2D eigenvalue weighted by molar-refractivity contribution is 6.31. The highest BCUT2D eigenvalue weighted by Gasteiger charge is 2.15. The normalized spacial score (nSPS) is 11.1. The Balaban J connectivity index is 1.98. The van der Waals surface area contributed by atoms with Gasteiger partial charge in [-0.15, -0.1) is 15.3 Å². The summed E-state index contributed by atoms with van der Waals surface area (Å²) in [5.41, 5.74) is 5.06. The van der Waals surface area contributed by atoms with E-state index in [0.29, 0.717) is 42.9 Å². The molecule has 0 spiro atoms. The summed E-state index contributed by atoms with van der Waals surface area (Å²) in [5.74, 6) is -0.220. The fraction of sp³-hybridized carbons (Fsp3) is 0.214. The van der Waals surface area contributed by atoms with Gasteiger partial charge in [0.15, 0.2) is 0 Å². The van der Waals surface area contributed by atoms with Crippen LogP contribution in [-0.4, -0.2) is 37.0 Å². The van der Waals surface area contributed by atoms with E-state index in [-0.39, 0.29) is 22.2 Å². The third-order valence-electron chi connectivity index (χ3n) is 5.58. The zero-order chi connectivity index (χ0) is 28.2. The van der Waals surface area contributed by atoms with Crippen LogP contribution in [0.2, 0.25) is 5.02 Å². The first-order valence-electron chi connectivity index (χ1n) is 11.9. The number of amides is 1. The van der Waals surface area contributed by atoms with E-state index >= 15 is 0 Å². The molecule has 10 nitrogen and oxygen atoms in total. The summed E-state index contributed by atoms with van der Waals surface area (Å²) in [6, 6.07) is 20.9. The number of anilines is 1. The number of nitriles is 2. The number of aryl methyl sites for hydroxylation is 1. The second kappa shape index (κ2) is 14.1. The van der Waals surface area contributed by atoms with Crippen molar-refractivity contribution in [2.75, 3.05) is 25.1 Å². The number of hydrazone groups is 1. The molecule has 0 aliphatic rings. The highest BCUT2D eigenvalue weighted by Crippen LogP contribution is 2.24. The molecule has 0 bridgehead atoms.